The molecular formula is C54H33NOS2. The van der Waals surface area contributed by atoms with Gasteiger partial charge in [0.15, 0.2) is 0 Å². The first-order chi connectivity index (χ1) is 28.7. The van der Waals surface area contributed by atoms with E-state index in [4.69, 9.17) is 4.42 Å². The zero-order valence-corrected chi connectivity index (χ0v) is 32.9. The molecule has 58 heavy (non-hydrogen) atoms. The Balaban J connectivity index is 1.02. The van der Waals surface area contributed by atoms with E-state index in [9.17, 15) is 0 Å². The highest BCUT2D eigenvalue weighted by molar-refractivity contribution is 7.26. The van der Waals surface area contributed by atoms with Crippen LogP contribution in [0.1, 0.15) is 0 Å². The first-order valence-corrected chi connectivity index (χ1v) is 21.2. The normalized spacial score (nSPS) is 11.8. The van der Waals surface area contributed by atoms with Crippen molar-refractivity contribution in [1.82, 2.24) is 0 Å². The minimum Gasteiger partial charge on any atom is -0.455 e. The van der Waals surface area contributed by atoms with Crippen LogP contribution >= 0.6 is 22.7 Å². The fraction of sp³-hybridized carbons (Fsp3) is 0. The second-order valence-corrected chi connectivity index (χ2v) is 16.9. The van der Waals surface area contributed by atoms with Gasteiger partial charge in [0.1, 0.15) is 11.2 Å². The first-order valence-electron chi connectivity index (χ1n) is 19.6. The molecule has 12 aromatic rings. The fourth-order valence-corrected chi connectivity index (χ4v) is 11.3. The number of fused-ring (bicyclic) bond motifs is 9. The van der Waals surface area contributed by atoms with Crippen molar-refractivity contribution >= 4 is 102 Å². The first kappa shape index (κ1) is 33.2. The standard InChI is InChI=1S/C54H33NOS2/c1-4-25-49-43(16-1)46-22-9-19-40(52(46)56-49)34-28-30-37(31-29-34)55(38-14-7-12-35(32-38)41-20-10-23-47-44-17-2-5-26-50(44)57-53(41)47)39-15-8-13-36(33-39)42-21-11-24-48-45-18-3-6-27-51(45)58-54(42)48/h1-33H. The second-order valence-electron chi connectivity index (χ2n) is 14.8. The predicted molar refractivity (Wildman–Crippen MR) is 250 cm³/mol. The maximum atomic E-state index is 6.46. The van der Waals surface area contributed by atoms with Gasteiger partial charge in [-0.05, 0) is 82.4 Å². The lowest BCUT2D eigenvalue weighted by Crippen LogP contribution is -2.10. The van der Waals surface area contributed by atoms with Crippen LogP contribution in [0.2, 0.25) is 0 Å². The van der Waals surface area contributed by atoms with Crippen molar-refractivity contribution in [2.24, 2.45) is 0 Å². The van der Waals surface area contributed by atoms with Gasteiger partial charge in [-0.25, -0.2) is 0 Å². The molecule has 0 spiro atoms. The zero-order chi connectivity index (χ0) is 38.2. The average Bonchev–Trinajstić information content (AvgIpc) is 3.99. The summed E-state index contributed by atoms with van der Waals surface area (Å²) in [5, 5.41) is 7.50. The molecule has 272 valence electrons. The molecule has 0 fully saturated rings. The number of para-hydroxylation sites is 2. The summed E-state index contributed by atoms with van der Waals surface area (Å²) in [6, 6.07) is 72.6. The molecule has 0 aliphatic rings. The van der Waals surface area contributed by atoms with E-state index in [0.29, 0.717) is 0 Å². The highest BCUT2D eigenvalue weighted by Gasteiger charge is 2.19. The average molecular weight is 776 g/mol. The Morgan fingerprint density at radius 1 is 0.328 bits per heavy atom. The van der Waals surface area contributed by atoms with Crippen molar-refractivity contribution in [2.45, 2.75) is 0 Å². The SMILES string of the molecule is c1cc(-c2cccc3c2sc2ccccc23)cc(N(c2ccc(-c3cccc4c3oc3ccccc34)cc2)c2cccc(-c3cccc4c3sc3ccccc34)c2)c1. The molecule has 0 unspecified atom stereocenters. The molecule has 0 N–H and O–H groups in total. The predicted octanol–water partition coefficient (Wildman–Crippen LogP) is 16.8. The van der Waals surface area contributed by atoms with Crippen LogP contribution in [0.4, 0.5) is 17.1 Å². The molecule has 4 heteroatoms. The molecule has 0 amide bonds. The molecule has 0 atom stereocenters. The minimum atomic E-state index is 0.908. The summed E-state index contributed by atoms with van der Waals surface area (Å²) < 4.78 is 11.7. The Bertz CT molecular complexity index is 3380. The molecule has 12 rings (SSSR count). The Morgan fingerprint density at radius 2 is 0.810 bits per heavy atom. The molecule has 3 aromatic heterocycles. The van der Waals surface area contributed by atoms with E-state index in [1.807, 2.05) is 34.8 Å². The number of nitrogens with zero attached hydrogens (tertiary/aromatic N) is 1. The Labute approximate surface area is 343 Å². The van der Waals surface area contributed by atoms with Crippen LogP contribution in [0, 0.1) is 0 Å². The number of anilines is 3. The van der Waals surface area contributed by atoms with Crippen molar-refractivity contribution in [3.8, 4) is 33.4 Å². The van der Waals surface area contributed by atoms with Gasteiger partial charge in [0.05, 0.1) is 0 Å². The van der Waals surface area contributed by atoms with Gasteiger partial charge in [0, 0.05) is 73.7 Å². The van der Waals surface area contributed by atoms with E-state index in [1.54, 1.807) is 0 Å². The van der Waals surface area contributed by atoms with E-state index in [2.05, 4.69) is 193 Å². The third-order valence-electron chi connectivity index (χ3n) is 11.5. The van der Waals surface area contributed by atoms with E-state index in [-0.39, 0.29) is 0 Å². The number of benzene rings is 9. The summed E-state index contributed by atoms with van der Waals surface area (Å²) in [5.74, 6) is 0. The molecule has 0 bridgehead atoms. The van der Waals surface area contributed by atoms with Gasteiger partial charge in [-0.1, -0.05) is 146 Å². The molecule has 3 heterocycles. The summed E-state index contributed by atoms with van der Waals surface area (Å²) >= 11 is 3.75. The van der Waals surface area contributed by atoms with Crippen molar-refractivity contribution in [3.05, 3.63) is 200 Å². The highest BCUT2D eigenvalue weighted by atomic mass is 32.1. The Kier molecular flexibility index (Phi) is 7.62. The van der Waals surface area contributed by atoms with Crippen molar-refractivity contribution in [1.29, 1.82) is 0 Å². The van der Waals surface area contributed by atoms with Gasteiger partial charge in [0.2, 0.25) is 0 Å². The van der Waals surface area contributed by atoms with Crippen LogP contribution in [0.3, 0.4) is 0 Å². The molecule has 0 aliphatic heterocycles. The van der Waals surface area contributed by atoms with E-state index >= 15 is 0 Å². The quantitative estimate of drug-likeness (QED) is 0.167. The maximum absolute atomic E-state index is 6.46. The summed E-state index contributed by atoms with van der Waals surface area (Å²) in [4.78, 5) is 2.40. The molecular weight excluding hydrogens is 743 g/mol. The van der Waals surface area contributed by atoms with E-state index in [1.165, 1.54) is 62.6 Å². The Morgan fingerprint density at radius 3 is 1.41 bits per heavy atom. The summed E-state index contributed by atoms with van der Waals surface area (Å²) in [6.07, 6.45) is 0. The lowest BCUT2D eigenvalue weighted by atomic mass is 9.99. The summed E-state index contributed by atoms with van der Waals surface area (Å²) in [7, 11) is 0. The number of furan rings is 1. The zero-order valence-electron chi connectivity index (χ0n) is 31.2. The molecule has 0 aliphatic carbocycles. The number of thiophene rings is 2. The fourth-order valence-electron chi connectivity index (χ4n) is 8.79. The highest BCUT2D eigenvalue weighted by Crippen LogP contribution is 2.45. The van der Waals surface area contributed by atoms with Crippen LogP contribution in [-0.4, -0.2) is 0 Å². The van der Waals surface area contributed by atoms with Crippen molar-refractivity contribution in [3.63, 3.8) is 0 Å². The number of rotatable bonds is 6. The van der Waals surface area contributed by atoms with E-state index < -0.39 is 0 Å². The van der Waals surface area contributed by atoms with Crippen LogP contribution in [-0.2, 0) is 0 Å². The monoisotopic (exact) mass is 775 g/mol. The summed E-state index contributed by atoms with van der Waals surface area (Å²) in [6.45, 7) is 0. The van der Waals surface area contributed by atoms with Gasteiger partial charge in [0.25, 0.3) is 0 Å². The molecule has 9 aromatic carbocycles. The minimum absolute atomic E-state index is 0.908. The topological polar surface area (TPSA) is 16.4 Å². The van der Waals surface area contributed by atoms with E-state index in [0.717, 1.165) is 50.1 Å². The molecule has 0 radical (unpaired) electrons. The van der Waals surface area contributed by atoms with Gasteiger partial charge in [-0.15, -0.1) is 22.7 Å². The van der Waals surface area contributed by atoms with Gasteiger partial charge < -0.3 is 9.32 Å². The van der Waals surface area contributed by atoms with Crippen LogP contribution in [0.25, 0.3) is 95.7 Å². The molecule has 2 nitrogen and oxygen atoms in total. The van der Waals surface area contributed by atoms with Gasteiger partial charge >= 0.3 is 0 Å². The van der Waals surface area contributed by atoms with Crippen molar-refractivity contribution < 1.29 is 4.42 Å². The maximum Gasteiger partial charge on any atom is 0.143 e. The lowest BCUT2D eigenvalue weighted by molar-refractivity contribution is 0.670. The van der Waals surface area contributed by atoms with Crippen LogP contribution in [0.15, 0.2) is 205 Å². The van der Waals surface area contributed by atoms with Gasteiger partial charge in [-0.3, -0.25) is 0 Å². The lowest BCUT2D eigenvalue weighted by Gasteiger charge is -2.27. The van der Waals surface area contributed by atoms with Crippen molar-refractivity contribution in [2.75, 3.05) is 4.90 Å². The smallest absolute Gasteiger partial charge is 0.143 e. The van der Waals surface area contributed by atoms with Gasteiger partial charge in [-0.2, -0.15) is 0 Å². The third kappa shape index (κ3) is 5.30. The summed E-state index contributed by atoms with van der Waals surface area (Å²) in [5.41, 5.74) is 12.2. The number of hydrogen-bond acceptors (Lipinski definition) is 4. The van der Waals surface area contributed by atoms with Crippen LogP contribution < -0.4 is 4.90 Å². The largest absolute Gasteiger partial charge is 0.455 e. The van der Waals surface area contributed by atoms with Crippen LogP contribution in [0.5, 0.6) is 0 Å². The number of hydrogen-bond donors (Lipinski definition) is 0. The second kappa shape index (κ2) is 13.3. The third-order valence-corrected chi connectivity index (χ3v) is 13.9. The molecule has 0 saturated heterocycles. The molecule has 0 saturated carbocycles. The Hall–Kier alpha value is -6.98.